The van der Waals surface area contributed by atoms with Gasteiger partial charge in [-0.1, -0.05) is 69.6 Å². The van der Waals surface area contributed by atoms with Gasteiger partial charge in [0.2, 0.25) is 0 Å². The van der Waals surface area contributed by atoms with Crippen molar-refractivity contribution in [2.24, 2.45) is 0 Å². The maximum Gasteiger partial charge on any atom is 0.142 e. The molecule has 0 unspecified atom stereocenters. The number of phenols is 2. The lowest BCUT2D eigenvalue weighted by Crippen LogP contribution is -2.23. The molecule has 0 amide bonds. The molecule has 3 N–H and O–H groups in total. The van der Waals surface area contributed by atoms with Crippen LogP contribution in [0, 0.1) is 0 Å². The first-order valence-corrected chi connectivity index (χ1v) is 12.6. The van der Waals surface area contributed by atoms with Crippen molar-refractivity contribution in [2.45, 2.75) is 32.7 Å². The van der Waals surface area contributed by atoms with Crippen molar-refractivity contribution in [3.63, 3.8) is 0 Å². The third-order valence-corrected chi connectivity index (χ3v) is 6.46. The lowest BCUT2D eigenvalue weighted by Gasteiger charge is -2.26. The van der Waals surface area contributed by atoms with Gasteiger partial charge in [-0.3, -0.25) is 4.90 Å². The maximum atomic E-state index is 10.5. The molecule has 1 atom stereocenters. The summed E-state index contributed by atoms with van der Waals surface area (Å²) in [5.74, 6) is 0.108. The van der Waals surface area contributed by atoms with Crippen LogP contribution in [-0.4, -0.2) is 32.9 Å². The van der Waals surface area contributed by atoms with E-state index in [2.05, 4.69) is 0 Å². The summed E-state index contributed by atoms with van der Waals surface area (Å²) in [6, 6.07) is 9.29. The van der Waals surface area contributed by atoms with E-state index < -0.39 is 6.10 Å². The van der Waals surface area contributed by atoms with E-state index >= 15 is 0 Å². The first-order chi connectivity index (χ1) is 16.4. The quantitative estimate of drug-likeness (QED) is 0.233. The molecule has 0 fully saturated rings. The lowest BCUT2D eigenvalue weighted by molar-refractivity contribution is 0.121. The van der Waals surface area contributed by atoms with Crippen molar-refractivity contribution in [1.82, 2.24) is 4.90 Å². The summed E-state index contributed by atoms with van der Waals surface area (Å²) in [6.45, 7) is 2.14. The zero-order valence-corrected chi connectivity index (χ0v) is 22.9. The van der Waals surface area contributed by atoms with Crippen LogP contribution in [0.2, 0.25) is 30.1 Å². The van der Waals surface area contributed by atoms with Crippen LogP contribution < -0.4 is 4.74 Å². The molecule has 0 aliphatic rings. The van der Waals surface area contributed by atoms with E-state index in [0.29, 0.717) is 37.5 Å². The third-order valence-electron chi connectivity index (χ3n) is 4.95. The Morgan fingerprint density at radius 2 is 1.09 bits per heavy atom. The highest BCUT2D eigenvalue weighted by molar-refractivity contribution is 6.36. The number of aromatic hydroxyl groups is 2. The van der Waals surface area contributed by atoms with E-state index in [4.69, 9.17) is 74.3 Å². The van der Waals surface area contributed by atoms with Crippen LogP contribution in [-0.2, 0) is 19.6 Å². The van der Waals surface area contributed by atoms with Gasteiger partial charge in [0.15, 0.2) is 0 Å². The van der Waals surface area contributed by atoms with Crippen molar-refractivity contribution in [2.75, 3.05) is 6.61 Å². The Balaban J connectivity index is 2.04. The largest absolute Gasteiger partial charge is 0.506 e. The Hall–Kier alpha value is -1.28. The van der Waals surface area contributed by atoms with Gasteiger partial charge in [0.1, 0.15) is 23.9 Å². The monoisotopic (exact) mass is 597 g/mol. The molecular formula is C24H21Cl6NO4. The zero-order valence-electron chi connectivity index (χ0n) is 18.3. The minimum atomic E-state index is -0.721. The highest BCUT2D eigenvalue weighted by Gasteiger charge is 2.20. The van der Waals surface area contributed by atoms with Gasteiger partial charge in [-0.2, -0.15) is 0 Å². The van der Waals surface area contributed by atoms with Gasteiger partial charge in [-0.25, -0.2) is 0 Å². The third kappa shape index (κ3) is 7.61. The fourth-order valence-corrected chi connectivity index (χ4v) is 5.13. The highest BCUT2D eigenvalue weighted by Crippen LogP contribution is 2.37. The van der Waals surface area contributed by atoms with Crippen LogP contribution in [0.5, 0.6) is 17.2 Å². The van der Waals surface area contributed by atoms with Crippen molar-refractivity contribution >= 4 is 69.6 Å². The van der Waals surface area contributed by atoms with Gasteiger partial charge in [-0.05, 0) is 43.3 Å². The molecule has 11 heteroatoms. The molecule has 3 rings (SSSR count). The van der Waals surface area contributed by atoms with Crippen LogP contribution in [0.25, 0.3) is 0 Å². The minimum Gasteiger partial charge on any atom is -0.506 e. The number of hydrogen-bond acceptors (Lipinski definition) is 5. The van der Waals surface area contributed by atoms with E-state index in [1.165, 1.54) is 12.1 Å². The number of hydrogen-bond donors (Lipinski definition) is 3. The molecule has 3 aromatic carbocycles. The van der Waals surface area contributed by atoms with Gasteiger partial charge in [0.25, 0.3) is 0 Å². The molecule has 0 bridgehead atoms. The zero-order chi connectivity index (χ0) is 25.9. The van der Waals surface area contributed by atoms with Gasteiger partial charge in [-0.15, -0.1) is 0 Å². The maximum absolute atomic E-state index is 10.5. The second-order valence-corrected chi connectivity index (χ2v) is 10.5. The number of ether oxygens (including phenoxy) is 1. The molecular weight excluding hydrogens is 579 g/mol. The molecule has 0 aliphatic carbocycles. The second-order valence-electron chi connectivity index (χ2n) is 7.97. The Morgan fingerprint density at radius 3 is 1.54 bits per heavy atom. The molecule has 0 spiro atoms. The Morgan fingerprint density at radius 1 is 0.686 bits per heavy atom. The van der Waals surface area contributed by atoms with Crippen molar-refractivity contribution in [3.05, 3.63) is 83.2 Å². The summed E-state index contributed by atoms with van der Waals surface area (Å²) in [5.41, 5.74) is 1.52. The van der Waals surface area contributed by atoms with E-state index in [-0.39, 0.29) is 52.8 Å². The van der Waals surface area contributed by atoms with E-state index in [9.17, 15) is 15.3 Å². The van der Waals surface area contributed by atoms with Crippen molar-refractivity contribution < 1.29 is 20.1 Å². The van der Waals surface area contributed by atoms with Crippen molar-refractivity contribution in [1.29, 1.82) is 0 Å². The smallest absolute Gasteiger partial charge is 0.142 e. The number of phenolic OH excluding ortho intramolecular Hbond substituents is 2. The standard InChI is InChI=1S/C24H21Cl6NO4/c1-12(32)11-35-24-15(4-18(27)7-21(24)30)10-31(8-13-2-16(25)5-19(28)22(13)33)9-14-3-17(26)6-20(29)23(14)34/h2-7,12,32-34H,8-11H2,1H3/t12-/m1/s1. The molecule has 0 saturated heterocycles. The van der Waals surface area contributed by atoms with Crippen LogP contribution in [0.1, 0.15) is 23.6 Å². The summed E-state index contributed by atoms with van der Waals surface area (Å²) in [7, 11) is 0. The lowest BCUT2D eigenvalue weighted by atomic mass is 10.1. The first-order valence-electron chi connectivity index (χ1n) is 10.3. The Bertz CT molecular complexity index is 1160. The number of rotatable bonds is 9. The Kier molecular flexibility index (Phi) is 9.95. The fraction of sp³-hybridized carbons (Fsp3) is 0.250. The minimum absolute atomic E-state index is 0.0176. The molecule has 35 heavy (non-hydrogen) atoms. The molecule has 0 heterocycles. The summed E-state index contributed by atoms with van der Waals surface area (Å²) in [5, 5.41) is 32.3. The molecule has 0 saturated carbocycles. The number of nitrogens with zero attached hydrogens (tertiary/aromatic N) is 1. The topological polar surface area (TPSA) is 73.2 Å². The van der Waals surface area contributed by atoms with E-state index in [1.54, 1.807) is 31.2 Å². The number of halogens is 6. The summed E-state index contributed by atoms with van der Waals surface area (Å²) < 4.78 is 5.76. The average Bonchev–Trinajstić information content (AvgIpc) is 2.74. The van der Waals surface area contributed by atoms with Crippen molar-refractivity contribution in [3.8, 4) is 17.2 Å². The van der Waals surface area contributed by atoms with E-state index in [1.807, 2.05) is 4.90 Å². The first kappa shape index (κ1) is 28.3. The summed E-state index contributed by atoms with van der Waals surface area (Å²) in [6.07, 6.45) is -0.721. The number of benzene rings is 3. The van der Waals surface area contributed by atoms with Gasteiger partial charge in [0.05, 0.1) is 21.2 Å². The summed E-state index contributed by atoms with van der Waals surface area (Å²) >= 11 is 37.2. The van der Waals surface area contributed by atoms with Crippen LogP contribution in [0.3, 0.4) is 0 Å². The summed E-state index contributed by atoms with van der Waals surface area (Å²) in [4.78, 5) is 1.86. The molecule has 0 aliphatic heterocycles. The molecule has 5 nitrogen and oxygen atoms in total. The normalized spacial score (nSPS) is 12.3. The molecule has 0 radical (unpaired) electrons. The average molecular weight is 600 g/mol. The predicted octanol–water partition coefficient (Wildman–Crippen LogP) is 7.98. The molecule has 188 valence electrons. The van der Waals surface area contributed by atoms with Gasteiger partial charge in [0, 0.05) is 51.4 Å². The second kappa shape index (κ2) is 12.3. The van der Waals surface area contributed by atoms with Crippen LogP contribution in [0.15, 0.2) is 36.4 Å². The molecule has 0 aromatic heterocycles. The Labute approximate surface area is 233 Å². The van der Waals surface area contributed by atoms with E-state index in [0.717, 1.165) is 0 Å². The van der Waals surface area contributed by atoms with Gasteiger partial charge >= 0.3 is 0 Å². The van der Waals surface area contributed by atoms with Crippen LogP contribution in [0.4, 0.5) is 0 Å². The molecule has 3 aromatic rings. The SMILES string of the molecule is C[C@@H](O)COc1c(Cl)cc(Cl)cc1CN(Cc1cc(Cl)cc(Cl)c1O)Cc1cc(Cl)cc(Cl)c1O. The fourth-order valence-electron chi connectivity index (χ4n) is 3.47. The predicted molar refractivity (Wildman–Crippen MR) is 143 cm³/mol. The highest BCUT2D eigenvalue weighted by atomic mass is 35.5. The number of aliphatic hydroxyl groups excluding tert-OH is 1. The van der Waals surface area contributed by atoms with Gasteiger partial charge < -0.3 is 20.1 Å². The van der Waals surface area contributed by atoms with Crippen LogP contribution >= 0.6 is 69.6 Å². The number of aliphatic hydroxyl groups is 1.